The van der Waals surface area contributed by atoms with Crippen molar-refractivity contribution in [3.8, 4) is 11.1 Å². The second-order valence-electron chi connectivity index (χ2n) is 3.99. The minimum Gasteiger partial charge on any atom is -0.313 e. The molecular formula is C15H16FN. The Bertz CT molecular complexity index is 477. The first-order chi connectivity index (χ1) is 8.29. The van der Waals surface area contributed by atoms with E-state index in [2.05, 4.69) is 24.4 Å². The van der Waals surface area contributed by atoms with Crippen LogP contribution < -0.4 is 5.32 Å². The molecule has 0 atom stereocenters. The summed E-state index contributed by atoms with van der Waals surface area (Å²) in [4.78, 5) is 0. The van der Waals surface area contributed by atoms with E-state index in [1.54, 1.807) is 12.1 Å². The Labute approximate surface area is 101 Å². The first-order valence-corrected chi connectivity index (χ1v) is 5.85. The Morgan fingerprint density at radius 1 is 1.00 bits per heavy atom. The first-order valence-electron chi connectivity index (χ1n) is 5.85. The summed E-state index contributed by atoms with van der Waals surface area (Å²) in [5.41, 5.74) is 3.21. The van der Waals surface area contributed by atoms with Crippen LogP contribution >= 0.6 is 0 Å². The van der Waals surface area contributed by atoms with Gasteiger partial charge in [0.15, 0.2) is 0 Å². The maximum absolute atomic E-state index is 13.1. The largest absolute Gasteiger partial charge is 0.313 e. The molecule has 17 heavy (non-hydrogen) atoms. The van der Waals surface area contributed by atoms with E-state index in [0.717, 1.165) is 24.2 Å². The summed E-state index contributed by atoms with van der Waals surface area (Å²) in [5.74, 6) is -0.195. The lowest BCUT2D eigenvalue weighted by atomic mass is 10.0. The number of nitrogens with one attached hydrogen (secondary N) is 1. The zero-order chi connectivity index (χ0) is 12.1. The molecule has 2 aromatic carbocycles. The molecule has 2 rings (SSSR count). The Balaban J connectivity index is 2.17. The smallest absolute Gasteiger partial charge is 0.123 e. The maximum atomic E-state index is 13.1. The van der Waals surface area contributed by atoms with Crippen molar-refractivity contribution in [2.45, 2.75) is 13.5 Å². The van der Waals surface area contributed by atoms with Gasteiger partial charge in [-0.25, -0.2) is 4.39 Å². The molecule has 0 aliphatic rings. The van der Waals surface area contributed by atoms with Crippen LogP contribution in [0.2, 0.25) is 0 Å². The molecular weight excluding hydrogens is 213 g/mol. The number of hydrogen-bond acceptors (Lipinski definition) is 1. The van der Waals surface area contributed by atoms with Gasteiger partial charge in [0.1, 0.15) is 5.82 Å². The summed E-state index contributed by atoms with van der Waals surface area (Å²) < 4.78 is 13.1. The Morgan fingerprint density at radius 2 is 1.76 bits per heavy atom. The van der Waals surface area contributed by atoms with Gasteiger partial charge in [0.05, 0.1) is 0 Å². The van der Waals surface area contributed by atoms with Crippen molar-refractivity contribution >= 4 is 0 Å². The van der Waals surface area contributed by atoms with Crippen LogP contribution in [-0.4, -0.2) is 6.54 Å². The van der Waals surface area contributed by atoms with Crippen molar-refractivity contribution in [3.05, 3.63) is 59.9 Å². The van der Waals surface area contributed by atoms with Gasteiger partial charge in [-0.05, 0) is 35.4 Å². The predicted molar refractivity (Wildman–Crippen MR) is 69.2 cm³/mol. The van der Waals surface area contributed by atoms with Crippen LogP contribution in [0.5, 0.6) is 0 Å². The monoisotopic (exact) mass is 229 g/mol. The van der Waals surface area contributed by atoms with Gasteiger partial charge in [-0.15, -0.1) is 0 Å². The molecule has 0 aliphatic carbocycles. The van der Waals surface area contributed by atoms with Gasteiger partial charge in [0, 0.05) is 6.54 Å². The van der Waals surface area contributed by atoms with Crippen molar-refractivity contribution < 1.29 is 4.39 Å². The van der Waals surface area contributed by atoms with Gasteiger partial charge in [0.25, 0.3) is 0 Å². The zero-order valence-corrected chi connectivity index (χ0v) is 9.91. The Morgan fingerprint density at radius 3 is 2.41 bits per heavy atom. The molecule has 0 heterocycles. The summed E-state index contributed by atoms with van der Waals surface area (Å²) >= 11 is 0. The fourth-order valence-electron chi connectivity index (χ4n) is 1.75. The molecule has 1 nitrogen and oxygen atoms in total. The Kier molecular flexibility index (Phi) is 3.89. The molecule has 0 saturated carbocycles. The number of rotatable bonds is 4. The second kappa shape index (κ2) is 5.60. The third kappa shape index (κ3) is 3.14. The molecule has 0 spiro atoms. The minimum absolute atomic E-state index is 0.195. The number of halogens is 1. The van der Waals surface area contributed by atoms with E-state index in [1.807, 2.05) is 18.2 Å². The van der Waals surface area contributed by atoms with E-state index in [0.29, 0.717) is 0 Å². The van der Waals surface area contributed by atoms with E-state index in [4.69, 9.17) is 0 Å². The first kappa shape index (κ1) is 11.8. The normalized spacial score (nSPS) is 10.5. The van der Waals surface area contributed by atoms with Gasteiger partial charge in [-0.3, -0.25) is 0 Å². The highest BCUT2D eigenvalue weighted by atomic mass is 19.1. The predicted octanol–water partition coefficient (Wildman–Crippen LogP) is 3.60. The van der Waals surface area contributed by atoms with Crippen molar-refractivity contribution in [2.75, 3.05) is 6.54 Å². The molecule has 2 heteroatoms. The number of hydrogen-bond donors (Lipinski definition) is 1. The molecule has 0 bridgehead atoms. The highest BCUT2D eigenvalue weighted by Crippen LogP contribution is 2.20. The molecule has 0 unspecified atom stereocenters. The average molecular weight is 229 g/mol. The summed E-state index contributed by atoms with van der Waals surface area (Å²) in [6.45, 7) is 3.92. The highest BCUT2D eigenvalue weighted by Gasteiger charge is 1.99. The van der Waals surface area contributed by atoms with Crippen LogP contribution in [0.25, 0.3) is 11.1 Å². The standard InChI is InChI=1S/C15H16FN/c1-2-17-11-12-6-8-13(9-7-12)14-4-3-5-15(16)10-14/h3-10,17H,2,11H2,1H3. The maximum Gasteiger partial charge on any atom is 0.123 e. The molecule has 0 radical (unpaired) electrons. The van der Waals surface area contributed by atoms with E-state index in [9.17, 15) is 4.39 Å². The third-order valence-electron chi connectivity index (χ3n) is 2.69. The summed E-state index contributed by atoms with van der Waals surface area (Å²) in [6.07, 6.45) is 0. The second-order valence-corrected chi connectivity index (χ2v) is 3.99. The molecule has 88 valence electrons. The Hall–Kier alpha value is -1.67. The van der Waals surface area contributed by atoms with E-state index < -0.39 is 0 Å². The van der Waals surface area contributed by atoms with Crippen LogP contribution in [0.1, 0.15) is 12.5 Å². The van der Waals surface area contributed by atoms with Gasteiger partial charge in [-0.1, -0.05) is 43.3 Å². The fourth-order valence-corrected chi connectivity index (χ4v) is 1.75. The van der Waals surface area contributed by atoms with Gasteiger partial charge >= 0.3 is 0 Å². The molecule has 0 aliphatic heterocycles. The molecule has 0 aromatic heterocycles. The van der Waals surface area contributed by atoms with E-state index >= 15 is 0 Å². The molecule has 0 amide bonds. The van der Waals surface area contributed by atoms with Gasteiger partial charge < -0.3 is 5.32 Å². The zero-order valence-electron chi connectivity index (χ0n) is 9.91. The summed E-state index contributed by atoms with van der Waals surface area (Å²) in [5, 5.41) is 3.27. The SMILES string of the molecule is CCNCc1ccc(-c2cccc(F)c2)cc1. The van der Waals surface area contributed by atoms with Crippen molar-refractivity contribution in [1.29, 1.82) is 0 Å². The van der Waals surface area contributed by atoms with Crippen LogP contribution in [0.4, 0.5) is 4.39 Å². The summed E-state index contributed by atoms with van der Waals surface area (Å²) in [7, 11) is 0. The number of benzene rings is 2. The van der Waals surface area contributed by atoms with Crippen LogP contribution in [0, 0.1) is 5.82 Å². The lowest BCUT2D eigenvalue weighted by Crippen LogP contribution is -2.11. The molecule has 2 aromatic rings. The quantitative estimate of drug-likeness (QED) is 0.844. The molecule has 0 fully saturated rings. The van der Waals surface area contributed by atoms with Crippen LogP contribution in [0.3, 0.4) is 0 Å². The van der Waals surface area contributed by atoms with Gasteiger partial charge in [0.2, 0.25) is 0 Å². The molecule has 1 N–H and O–H groups in total. The lowest BCUT2D eigenvalue weighted by molar-refractivity contribution is 0.628. The van der Waals surface area contributed by atoms with Crippen molar-refractivity contribution in [3.63, 3.8) is 0 Å². The minimum atomic E-state index is -0.195. The summed E-state index contributed by atoms with van der Waals surface area (Å²) in [6, 6.07) is 14.9. The topological polar surface area (TPSA) is 12.0 Å². The van der Waals surface area contributed by atoms with E-state index in [-0.39, 0.29) is 5.82 Å². The van der Waals surface area contributed by atoms with Gasteiger partial charge in [-0.2, -0.15) is 0 Å². The highest BCUT2D eigenvalue weighted by molar-refractivity contribution is 5.63. The van der Waals surface area contributed by atoms with Crippen LogP contribution in [0.15, 0.2) is 48.5 Å². The van der Waals surface area contributed by atoms with Crippen LogP contribution in [-0.2, 0) is 6.54 Å². The third-order valence-corrected chi connectivity index (χ3v) is 2.69. The lowest BCUT2D eigenvalue weighted by Gasteiger charge is -2.05. The fraction of sp³-hybridized carbons (Fsp3) is 0.200. The van der Waals surface area contributed by atoms with E-state index in [1.165, 1.54) is 11.6 Å². The molecule has 0 saturated heterocycles. The van der Waals surface area contributed by atoms with Crippen molar-refractivity contribution in [2.24, 2.45) is 0 Å². The van der Waals surface area contributed by atoms with Crippen molar-refractivity contribution in [1.82, 2.24) is 5.32 Å². The average Bonchev–Trinajstić information content (AvgIpc) is 2.37.